The molecule has 35 heavy (non-hydrogen) atoms. The first-order valence-corrected chi connectivity index (χ1v) is 12.9. The molecule has 3 atom stereocenters. The molecular formula is C30H33ClN2O2. The first kappa shape index (κ1) is 24.1. The summed E-state index contributed by atoms with van der Waals surface area (Å²) in [5.74, 6) is 0.873. The van der Waals surface area contributed by atoms with Crippen LogP contribution in [0.15, 0.2) is 78.9 Å². The van der Waals surface area contributed by atoms with E-state index in [-0.39, 0.29) is 12.0 Å². The molecule has 0 bridgehead atoms. The zero-order valence-corrected chi connectivity index (χ0v) is 21.0. The molecule has 2 aliphatic rings. The normalized spacial score (nSPS) is 21.0. The topological polar surface area (TPSA) is 32.8 Å². The van der Waals surface area contributed by atoms with E-state index in [1.54, 1.807) is 0 Å². The minimum absolute atomic E-state index is 0.0547. The summed E-state index contributed by atoms with van der Waals surface area (Å²) < 4.78 is 6.43. The lowest BCUT2D eigenvalue weighted by atomic mass is 10.1. The molecule has 1 heterocycles. The van der Waals surface area contributed by atoms with Gasteiger partial charge < -0.3 is 9.64 Å². The second-order valence-electron chi connectivity index (χ2n) is 9.83. The van der Waals surface area contributed by atoms with Crippen molar-refractivity contribution in [2.24, 2.45) is 5.92 Å². The second kappa shape index (κ2) is 10.9. The first-order valence-electron chi connectivity index (χ1n) is 12.6. The molecule has 2 fully saturated rings. The van der Waals surface area contributed by atoms with Crippen LogP contribution in [0.4, 0.5) is 0 Å². The van der Waals surface area contributed by atoms with E-state index in [0.717, 1.165) is 49.7 Å². The Kier molecular flexibility index (Phi) is 7.52. The predicted molar refractivity (Wildman–Crippen MR) is 140 cm³/mol. The number of amides is 1. The van der Waals surface area contributed by atoms with Crippen molar-refractivity contribution in [2.75, 3.05) is 32.7 Å². The summed E-state index contributed by atoms with van der Waals surface area (Å²) >= 11 is 6.14. The number of benzene rings is 3. The summed E-state index contributed by atoms with van der Waals surface area (Å²) in [6.45, 7) is 6.76. The summed E-state index contributed by atoms with van der Waals surface area (Å²) in [7, 11) is 0. The number of carbonyl (C=O) groups excluding carboxylic acids is 1. The third-order valence-electron chi connectivity index (χ3n) is 7.22. The molecule has 1 saturated heterocycles. The Morgan fingerprint density at radius 2 is 1.71 bits per heavy atom. The predicted octanol–water partition coefficient (Wildman–Crippen LogP) is 5.85. The number of aryl methyl sites for hydroxylation is 1. The Morgan fingerprint density at radius 3 is 2.43 bits per heavy atom. The molecule has 1 aliphatic carbocycles. The summed E-state index contributed by atoms with van der Waals surface area (Å²) in [5.41, 5.74) is 4.84. The van der Waals surface area contributed by atoms with Gasteiger partial charge in [-0.15, -0.1) is 0 Å². The summed E-state index contributed by atoms with van der Waals surface area (Å²) in [6.07, 6.45) is 0.926. The molecule has 1 amide bonds. The van der Waals surface area contributed by atoms with Gasteiger partial charge in [0.25, 0.3) is 0 Å². The number of ether oxygens (including phenoxy) is 1. The van der Waals surface area contributed by atoms with Crippen molar-refractivity contribution in [2.45, 2.75) is 32.0 Å². The van der Waals surface area contributed by atoms with Crippen LogP contribution in [0.3, 0.4) is 0 Å². The van der Waals surface area contributed by atoms with Crippen LogP contribution in [-0.2, 0) is 16.1 Å². The zero-order chi connectivity index (χ0) is 24.2. The SMILES string of the molecule is Cc1cccc(CO[C@H](CN2CCN(C(=O)[C@@H]3C[C@H]3c3ccccc3)CC2)c2ccc(Cl)cc2)c1. The van der Waals surface area contributed by atoms with Gasteiger partial charge in [-0.1, -0.05) is 83.9 Å². The number of piperazine rings is 1. The highest BCUT2D eigenvalue weighted by atomic mass is 35.5. The van der Waals surface area contributed by atoms with Crippen LogP contribution >= 0.6 is 11.6 Å². The molecule has 5 heteroatoms. The highest BCUT2D eigenvalue weighted by molar-refractivity contribution is 6.30. The van der Waals surface area contributed by atoms with Crippen LogP contribution in [0.5, 0.6) is 0 Å². The standard InChI is InChI=1S/C30H33ClN2O2/c1-22-6-5-7-23(18-22)21-35-29(25-10-12-26(31)13-11-25)20-32-14-16-33(17-15-32)30(34)28-19-27(28)24-8-3-2-4-9-24/h2-13,18,27-29H,14-17,19-21H2,1H3/t27-,28+,29+/m0/s1. The molecule has 0 aromatic heterocycles. The molecule has 182 valence electrons. The van der Waals surface area contributed by atoms with Gasteiger partial charge in [-0.2, -0.15) is 0 Å². The Bertz CT molecular complexity index is 1130. The van der Waals surface area contributed by atoms with Crippen molar-refractivity contribution < 1.29 is 9.53 Å². The maximum Gasteiger partial charge on any atom is 0.226 e. The monoisotopic (exact) mass is 488 g/mol. The van der Waals surface area contributed by atoms with Gasteiger partial charge in [0.05, 0.1) is 12.7 Å². The highest BCUT2D eigenvalue weighted by Crippen LogP contribution is 2.48. The molecule has 0 unspecified atom stereocenters. The molecule has 3 aromatic carbocycles. The fourth-order valence-electron chi connectivity index (χ4n) is 5.09. The minimum atomic E-state index is -0.0547. The van der Waals surface area contributed by atoms with Crippen molar-refractivity contribution >= 4 is 17.5 Å². The number of halogens is 1. The van der Waals surface area contributed by atoms with Gasteiger partial charge in [0.1, 0.15) is 0 Å². The number of carbonyl (C=O) groups is 1. The molecule has 0 radical (unpaired) electrons. The largest absolute Gasteiger partial charge is 0.368 e. The molecular weight excluding hydrogens is 456 g/mol. The van der Waals surface area contributed by atoms with E-state index in [2.05, 4.69) is 77.4 Å². The van der Waals surface area contributed by atoms with Crippen LogP contribution in [0.2, 0.25) is 5.02 Å². The van der Waals surface area contributed by atoms with E-state index in [0.29, 0.717) is 18.4 Å². The van der Waals surface area contributed by atoms with Crippen LogP contribution < -0.4 is 0 Å². The molecule has 4 nitrogen and oxygen atoms in total. The lowest BCUT2D eigenvalue weighted by Crippen LogP contribution is -2.50. The van der Waals surface area contributed by atoms with Gasteiger partial charge in [0.2, 0.25) is 5.91 Å². The average molecular weight is 489 g/mol. The van der Waals surface area contributed by atoms with Crippen molar-refractivity contribution in [3.63, 3.8) is 0 Å². The van der Waals surface area contributed by atoms with Gasteiger partial charge >= 0.3 is 0 Å². The molecule has 5 rings (SSSR count). The number of hydrogen-bond acceptors (Lipinski definition) is 3. The van der Waals surface area contributed by atoms with Gasteiger partial charge in [-0.25, -0.2) is 0 Å². The Labute approximate surface area is 213 Å². The fraction of sp³-hybridized carbons (Fsp3) is 0.367. The van der Waals surface area contributed by atoms with E-state index in [9.17, 15) is 4.79 Å². The Balaban J connectivity index is 1.17. The van der Waals surface area contributed by atoms with Crippen LogP contribution in [0.1, 0.15) is 40.7 Å². The molecule has 3 aromatic rings. The smallest absolute Gasteiger partial charge is 0.226 e. The third kappa shape index (κ3) is 6.13. The van der Waals surface area contributed by atoms with E-state index in [1.165, 1.54) is 16.7 Å². The highest BCUT2D eigenvalue weighted by Gasteiger charge is 2.46. The number of rotatable bonds is 8. The van der Waals surface area contributed by atoms with Crippen LogP contribution in [-0.4, -0.2) is 48.4 Å². The van der Waals surface area contributed by atoms with Crippen LogP contribution in [0.25, 0.3) is 0 Å². The number of hydrogen-bond donors (Lipinski definition) is 0. The summed E-state index contributed by atoms with van der Waals surface area (Å²) in [4.78, 5) is 17.6. The van der Waals surface area contributed by atoms with E-state index >= 15 is 0 Å². The van der Waals surface area contributed by atoms with Crippen LogP contribution in [0, 0.1) is 12.8 Å². The van der Waals surface area contributed by atoms with Gasteiger partial charge in [-0.05, 0) is 48.1 Å². The maximum absolute atomic E-state index is 13.1. The van der Waals surface area contributed by atoms with E-state index in [4.69, 9.17) is 16.3 Å². The minimum Gasteiger partial charge on any atom is -0.368 e. The molecule has 1 aliphatic heterocycles. The summed E-state index contributed by atoms with van der Waals surface area (Å²) in [5, 5.41) is 0.729. The maximum atomic E-state index is 13.1. The van der Waals surface area contributed by atoms with Crippen molar-refractivity contribution in [1.82, 2.24) is 9.80 Å². The molecule has 0 spiro atoms. The zero-order valence-electron chi connectivity index (χ0n) is 20.3. The Morgan fingerprint density at radius 1 is 0.971 bits per heavy atom. The fourth-order valence-corrected chi connectivity index (χ4v) is 5.21. The quantitative estimate of drug-likeness (QED) is 0.398. The van der Waals surface area contributed by atoms with Crippen molar-refractivity contribution in [3.8, 4) is 0 Å². The van der Waals surface area contributed by atoms with E-state index in [1.807, 2.05) is 18.2 Å². The summed E-state index contributed by atoms with van der Waals surface area (Å²) in [6, 6.07) is 26.9. The molecule has 0 N–H and O–H groups in total. The van der Waals surface area contributed by atoms with Gasteiger partial charge in [0.15, 0.2) is 0 Å². The molecule has 1 saturated carbocycles. The van der Waals surface area contributed by atoms with Crippen molar-refractivity contribution in [3.05, 3.63) is 106 Å². The first-order chi connectivity index (χ1) is 17.1. The van der Waals surface area contributed by atoms with Gasteiger partial charge in [-0.3, -0.25) is 9.69 Å². The number of nitrogens with zero attached hydrogens (tertiary/aromatic N) is 2. The van der Waals surface area contributed by atoms with Crippen molar-refractivity contribution in [1.29, 1.82) is 0 Å². The Hall–Kier alpha value is -2.66. The second-order valence-corrected chi connectivity index (χ2v) is 10.3. The lowest BCUT2D eigenvalue weighted by molar-refractivity contribution is -0.134. The average Bonchev–Trinajstić information content (AvgIpc) is 3.69. The lowest BCUT2D eigenvalue weighted by Gasteiger charge is -2.36. The third-order valence-corrected chi connectivity index (χ3v) is 7.47. The van der Waals surface area contributed by atoms with Gasteiger partial charge in [0, 0.05) is 43.7 Å². The van der Waals surface area contributed by atoms with E-state index < -0.39 is 0 Å².